The Hall–Kier alpha value is -0.290. The van der Waals surface area contributed by atoms with E-state index in [9.17, 15) is 13.2 Å². The van der Waals surface area contributed by atoms with Gasteiger partial charge in [-0.15, -0.1) is 11.6 Å². The van der Waals surface area contributed by atoms with Gasteiger partial charge in [-0.05, 0) is 0 Å². The Morgan fingerprint density at radius 3 is 2.45 bits per heavy atom. The topological polar surface area (TPSA) is 60.4 Å². The average molecular weight is 201 g/mol. The Morgan fingerprint density at radius 2 is 2.09 bits per heavy atom. The molecular weight excluding hydrogens is 192 g/mol. The molecule has 4 nitrogen and oxygen atoms in total. The van der Waals surface area contributed by atoms with Crippen LogP contribution in [0.15, 0.2) is 0 Å². The third-order valence-corrected chi connectivity index (χ3v) is 2.98. The van der Waals surface area contributed by atoms with Crippen LogP contribution in [-0.4, -0.2) is 32.0 Å². The van der Waals surface area contributed by atoms with Crippen molar-refractivity contribution in [3.63, 3.8) is 0 Å². The van der Waals surface area contributed by atoms with Crippen molar-refractivity contribution in [2.24, 2.45) is 0 Å². The van der Waals surface area contributed by atoms with Crippen LogP contribution in [0.5, 0.6) is 0 Å². The first-order valence-corrected chi connectivity index (χ1v) is 5.23. The predicted molar refractivity (Wildman–Crippen MR) is 41.1 cm³/mol. The molecule has 66 valence electrons. The van der Waals surface area contributed by atoms with Gasteiger partial charge in [0, 0.05) is 6.92 Å². The molecule has 0 aliphatic rings. The number of halogens is 1. The molecule has 0 unspecified atom stereocenters. The minimum absolute atomic E-state index is 0.121. The first-order chi connectivity index (χ1) is 4.98. The van der Waals surface area contributed by atoms with E-state index in [1.54, 1.807) is 0 Å². The lowest BCUT2D eigenvalue weighted by atomic mass is 10.8. The maximum Gasteiger partial charge on any atom is 0.302 e. The molecule has 0 aliphatic carbocycles. The fourth-order valence-corrected chi connectivity index (χ4v) is 1.14. The average Bonchev–Trinajstić information content (AvgIpc) is 1.87. The van der Waals surface area contributed by atoms with Gasteiger partial charge in [-0.2, -0.15) is 0 Å². The molecule has 0 amide bonds. The molecule has 0 N–H and O–H groups in total. The molecule has 0 atom stereocenters. The molecular formula is C5H9ClO4S. The zero-order chi connectivity index (χ0) is 8.91. The zero-order valence-electron chi connectivity index (χ0n) is 6.04. The normalized spacial score (nSPS) is 11.1. The number of sulfone groups is 1. The van der Waals surface area contributed by atoms with Crippen molar-refractivity contribution in [2.45, 2.75) is 6.92 Å². The lowest BCUT2D eigenvalue weighted by Gasteiger charge is -1.99. The Morgan fingerprint density at radius 1 is 1.55 bits per heavy atom. The van der Waals surface area contributed by atoms with E-state index in [0.717, 1.165) is 0 Å². The maximum atomic E-state index is 10.7. The van der Waals surface area contributed by atoms with Crippen LogP contribution in [0.3, 0.4) is 0 Å². The molecule has 11 heavy (non-hydrogen) atoms. The first kappa shape index (κ1) is 10.7. The maximum absolute atomic E-state index is 10.7. The highest BCUT2D eigenvalue weighted by atomic mass is 35.5. The van der Waals surface area contributed by atoms with Crippen molar-refractivity contribution >= 4 is 27.4 Å². The number of ether oxygens (including phenoxy) is 1. The highest BCUT2D eigenvalue weighted by Gasteiger charge is 2.08. The van der Waals surface area contributed by atoms with E-state index in [2.05, 4.69) is 4.74 Å². The summed E-state index contributed by atoms with van der Waals surface area (Å²) in [6, 6.07) is 0. The number of esters is 1. The predicted octanol–water partition coefficient (Wildman–Crippen LogP) is 0.161. The van der Waals surface area contributed by atoms with E-state index in [1.807, 2.05) is 0 Å². The number of rotatable bonds is 4. The van der Waals surface area contributed by atoms with E-state index in [0.29, 0.717) is 0 Å². The molecule has 0 aliphatic heterocycles. The Bertz CT molecular complexity index is 221. The molecule has 0 rings (SSSR count). The van der Waals surface area contributed by atoms with Crippen LogP contribution in [0.4, 0.5) is 0 Å². The minimum atomic E-state index is -3.23. The van der Waals surface area contributed by atoms with Crippen molar-refractivity contribution in [3.8, 4) is 0 Å². The van der Waals surface area contributed by atoms with Crippen LogP contribution < -0.4 is 0 Å². The van der Waals surface area contributed by atoms with Crippen molar-refractivity contribution in [3.05, 3.63) is 0 Å². The summed E-state index contributed by atoms with van der Waals surface area (Å²) in [5.74, 6) is -0.703. The number of carbonyl (C=O) groups is 1. The Kier molecular flexibility index (Phi) is 4.44. The van der Waals surface area contributed by atoms with Gasteiger partial charge in [-0.1, -0.05) is 0 Å². The van der Waals surface area contributed by atoms with Crippen LogP contribution in [0.2, 0.25) is 0 Å². The molecule has 6 heteroatoms. The molecule has 0 aromatic carbocycles. The fourth-order valence-electron chi connectivity index (χ4n) is 0.367. The molecule has 0 bridgehead atoms. The van der Waals surface area contributed by atoms with E-state index in [4.69, 9.17) is 11.6 Å². The summed E-state index contributed by atoms with van der Waals surface area (Å²) < 4.78 is 25.7. The molecule has 0 saturated carbocycles. The lowest BCUT2D eigenvalue weighted by molar-refractivity contribution is -0.140. The van der Waals surface area contributed by atoms with E-state index >= 15 is 0 Å². The molecule has 0 fully saturated rings. The van der Waals surface area contributed by atoms with Crippen LogP contribution in [0, 0.1) is 0 Å². The van der Waals surface area contributed by atoms with Crippen LogP contribution in [0.25, 0.3) is 0 Å². The fraction of sp³-hybridized carbons (Fsp3) is 0.800. The summed E-state index contributed by atoms with van der Waals surface area (Å²) in [7, 11) is -3.23. The molecule has 0 heterocycles. The summed E-state index contributed by atoms with van der Waals surface area (Å²) in [4.78, 5) is 10.2. The van der Waals surface area contributed by atoms with Gasteiger partial charge in [-0.25, -0.2) is 8.42 Å². The van der Waals surface area contributed by atoms with Crippen molar-refractivity contribution in [1.29, 1.82) is 0 Å². The standard InChI is InChI=1S/C5H9ClO4S/c1-5(7)10-2-3-11(8,9)4-6/h2-4H2,1H3. The minimum Gasteiger partial charge on any atom is -0.465 e. The van der Waals surface area contributed by atoms with Gasteiger partial charge in [0.25, 0.3) is 0 Å². The highest BCUT2D eigenvalue weighted by Crippen LogP contribution is 1.93. The second-order valence-electron chi connectivity index (χ2n) is 1.90. The Labute approximate surface area is 70.4 Å². The summed E-state index contributed by atoms with van der Waals surface area (Å²) in [5, 5.41) is -0.436. The smallest absolute Gasteiger partial charge is 0.302 e. The molecule has 0 saturated heterocycles. The van der Waals surface area contributed by atoms with Crippen molar-refractivity contribution < 1.29 is 17.9 Å². The lowest BCUT2D eigenvalue weighted by Crippen LogP contribution is -2.14. The number of alkyl halides is 1. The summed E-state index contributed by atoms with van der Waals surface area (Å²) in [6.45, 7) is 1.09. The van der Waals surface area contributed by atoms with E-state index in [1.165, 1.54) is 6.92 Å². The third-order valence-electron chi connectivity index (χ3n) is 0.866. The van der Waals surface area contributed by atoms with Gasteiger partial charge in [0.1, 0.15) is 11.8 Å². The van der Waals surface area contributed by atoms with E-state index in [-0.39, 0.29) is 12.4 Å². The number of carbonyl (C=O) groups excluding carboxylic acids is 1. The highest BCUT2D eigenvalue weighted by molar-refractivity contribution is 7.92. The van der Waals surface area contributed by atoms with Gasteiger partial charge in [0.05, 0.1) is 5.75 Å². The van der Waals surface area contributed by atoms with Crippen LogP contribution in [-0.2, 0) is 19.4 Å². The summed E-state index contributed by atoms with van der Waals surface area (Å²) in [6.07, 6.45) is 0. The number of hydrogen-bond donors (Lipinski definition) is 0. The first-order valence-electron chi connectivity index (χ1n) is 2.87. The second-order valence-corrected chi connectivity index (χ2v) is 4.67. The second kappa shape index (κ2) is 4.56. The van der Waals surface area contributed by atoms with Gasteiger partial charge in [0.2, 0.25) is 0 Å². The van der Waals surface area contributed by atoms with Gasteiger partial charge >= 0.3 is 5.97 Å². The van der Waals surface area contributed by atoms with Gasteiger partial charge in [0.15, 0.2) is 9.84 Å². The monoisotopic (exact) mass is 200 g/mol. The van der Waals surface area contributed by atoms with E-state index < -0.39 is 21.0 Å². The molecule has 0 radical (unpaired) electrons. The van der Waals surface area contributed by atoms with Crippen molar-refractivity contribution in [2.75, 3.05) is 17.6 Å². The largest absolute Gasteiger partial charge is 0.465 e. The quantitative estimate of drug-likeness (QED) is 0.479. The Balaban J connectivity index is 3.63. The van der Waals surface area contributed by atoms with Gasteiger partial charge < -0.3 is 4.74 Å². The third kappa shape index (κ3) is 6.12. The van der Waals surface area contributed by atoms with Crippen molar-refractivity contribution in [1.82, 2.24) is 0 Å². The summed E-state index contributed by atoms with van der Waals surface area (Å²) in [5.41, 5.74) is 0. The van der Waals surface area contributed by atoms with Gasteiger partial charge in [-0.3, -0.25) is 4.79 Å². The van der Waals surface area contributed by atoms with Crippen LogP contribution >= 0.6 is 11.6 Å². The SMILES string of the molecule is CC(=O)OCCS(=O)(=O)CCl. The molecule has 0 aromatic rings. The molecule has 0 aromatic heterocycles. The molecule has 0 spiro atoms. The zero-order valence-corrected chi connectivity index (χ0v) is 7.61. The van der Waals surface area contributed by atoms with Crippen LogP contribution in [0.1, 0.15) is 6.92 Å². The number of hydrogen-bond acceptors (Lipinski definition) is 4. The summed E-state index contributed by atoms with van der Waals surface area (Å²) >= 11 is 5.08.